The number of aryl methyl sites for hydroxylation is 1. The highest BCUT2D eigenvalue weighted by atomic mass is 79.9. The average molecular weight is 365 g/mol. The number of ether oxygens (including phenoxy) is 1. The van der Waals surface area contributed by atoms with E-state index in [9.17, 15) is 13.2 Å². The maximum Gasteiger partial charge on any atom is 0.573 e. The van der Waals surface area contributed by atoms with E-state index in [4.69, 9.17) is 0 Å². The van der Waals surface area contributed by atoms with Crippen molar-refractivity contribution in [2.24, 2.45) is 0 Å². The van der Waals surface area contributed by atoms with Crippen molar-refractivity contribution in [3.05, 3.63) is 34.8 Å². The largest absolute Gasteiger partial charge is 0.573 e. The molecule has 2 rings (SSSR count). The molecule has 0 radical (unpaired) electrons. The molecule has 0 unspecified atom stereocenters. The molecule has 0 aliphatic rings. The summed E-state index contributed by atoms with van der Waals surface area (Å²) in [6.45, 7) is 3.05. The first-order chi connectivity index (χ1) is 9.89. The lowest BCUT2D eigenvalue weighted by Gasteiger charge is -2.12. The molecule has 1 aromatic carbocycles. The van der Waals surface area contributed by atoms with Crippen LogP contribution in [-0.2, 0) is 13.1 Å². The number of halogens is 4. The summed E-state index contributed by atoms with van der Waals surface area (Å²) in [5, 5.41) is 7.09. The smallest absolute Gasteiger partial charge is 0.405 e. The zero-order valence-electron chi connectivity index (χ0n) is 11.0. The van der Waals surface area contributed by atoms with E-state index < -0.39 is 6.36 Å². The number of nitrogens with zero attached hydrogens (tertiary/aromatic N) is 3. The molecule has 0 amide bonds. The number of hydrogen-bond acceptors (Lipinski definition) is 4. The number of alkyl halides is 3. The summed E-state index contributed by atoms with van der Waals surface area (Å²) in [6, 6.07) is 4.25. The van der Waals surface area contributed by atoms with Crippen molar-refractivity contribution in [2.45, 2.75) is 26.4 Å². The van der Waals surface area contributed by atoms with Crippen LogP contribution in [-0.4, -0.2) is 21.1 Å². The molecule has 0 saturated carbocycles. The Hall–Kier alpha value is -1.77. The van der Waals surface area contributed by atoms with Gasteiger partial charge in [0.05, 0.1) is 11.0 Å². The number of anilines is 1. The molecular formula is C12H12BrF3N4O. The lowest BCUT2D eigenvalue weighted by molar-refractivity contribution is -0.274. The molecule has 1 aromatic heterocycles. The summed E-state index contributed by atoms with van der Waals surface area (Å²) in [5.41, 5.74) is 0.641. The van der Waals surface area contributed by atoms with Crippen molar-refractivity contribution in [1.29, 1.82) is 0 Å². The highest BCUT2D eigenvalue weighted by Crippen LogP contribution is 2.32. The highest BCUT2D eigenvalue weighted by Gasteiger charge is 2.31. The van der Waals surface area contributed by atoms with E-state index in [1.807, 2.05) is 6.92 Å². The van der Waals surface area contributed by atoms with Gasteiger partial charge in [0.1, 0.15) is 17.9 Å². The molecule has 0 aliphatic heterocycles. The van der Waals surface area contributed by atoms with Gasteiger partial charge >= 0.3 is 6.36 Å². The second-order valence-electron chi connectivity index (χ2n) is 4.04. The van der Waals surface area contributed by atoms with Gasteiger partial charge < -0.3 is 10.1 Å². The summed E-state index contributed by atoms with van der Waals surface area (Å²) in [6.07, 6.45) is -3.26. The van der Waals surface area contributed by atoms with E-state index in [-0.39, 0.29) is 10.2 Å². The second-order valence-corrected chi connectivity index (χ2v) is 4.89. The van der Waals surface area contributed by atoms with Crippen molar-refractivity contribution < 1.29 is 17.9 Å². The van der Waals surface area contributed by atoms with Gasteiger partial charge in [0, 0.05) is 12.2 Å². The first-order valence-electron chi connectivity index (χ1n) is 6.05. The Bertz CT molecular complexity index is 615. The van der Waals surface area contributed by atoms with Gasteiger partial charge in [-0.05, 0) is 41.1 Å². The molecule has 114 valence electrons. The predicted octanol–water partition coefficient (Wildman–Crippen LogP) is 3.57. The van der Waals surface area contributed by atoms with Crippen LogP contribution in [0.3, 0.4) is 0 Å². The van der Waals surface area contributed by atoms with Crippen molar-refractivity contribution >= 4 is 21.6 Å². The Morgan fingerprint density at radius 1 is 1.38 bits per heavy atom. The van der Waals surface area contributed by atoms with Crippen LogP contribution in [0.15, 0.2) is 29.0 Å². The van der Waals surface area contributed by atoms with E-state index in [1.54, 1.807) is 4.68 Å². The standard InChI is InChI=1S/C12H12BrF3N4O/c1-2-20-11(18-7-19-20)6-17-8-3-4-10(9(13)5-8)21-12(14,15)16/h3-5,7,17H,2,6H2,1H3. The summed E-state index contributed by atoms with van der Waals surface area (Å²) < 4.78 is 42.3. The van der Waals surface area contributed by atoms with Gasteiger partial charge in [-0.3, -0.25) is 0 Å². The van der Waals surface area contributed by atoms with E-state index in [2.05, 4.69) is 36.1 Å². The molecule has 0 spiro atoms. The quantitative estimate of drug-likeness (QED) is 0.880. The van der Waals surface area contributed by atoms with Crippen LogP contribution >= 0.6 is 15.9 Å². The van der Waals surface area contributed by atoms with Crippen molar-refractivity contribution in [3.8, 4) is 5.75 Å². The topological polar surface area (TPSA) is 52.0 Å². The Kier molecular flexibility index (Phi) is 4.71. The number of hydrogen-bond donors (Lipinski definition) is 1. The molecule has 5 nitrogen and oxygen atoms in total. The zero-order chi connectivity index (χ0) is 15.5. The third kappa shape index (κ3) is 4.35. The molecule has 2 aromatic rings. The van der Waals surface area contributed by atoms with Gasteiger partial charge in [-0.1, -0.05) is 0 Å². The minimum Gasteiger partial charge on any atom is -0.405 e. The van der Waals surface area contributed by atoms with E-state index in [0.29, 0.717) is 18.8 Å². The van der Waals surface area contributed by atoms with E-state index >= 15 is 0 Å². The molecule has 1 N–H and O–H groups in total. The van der Waals surface area contributed by atoms with Crippen LogP contribution in [0.2, 0.25) is 0 Å². The number of aromatic nitrogens is 3. The molecule has 21 heavy (non-hydrogen) atoms. The number of rotatable bonds is 5. The monoisotopic (exact) mass is 364 g/mol. The van der Waals surface area contributed by atoms with Gasteiger partial charge in [-0.25, -0.2) is 9.67 Å². The first-order valence-corrected chi connectivity index (χ1v) is 6.84. The Morgan fingerprint density at radius 2 is 2.14 bits per heavy atom. The van der Waals surface area contributed by atoms with Crippen LogP contribution in [0, 0.1) is 0 Å². The number of nitrogens with one attached hydrogen (secondary N) is 1. The fourth-order valence-electron chi connectivity index (χ4n) is 1.69. The van der Waals surface area contributed by atoms with Crippen LogP contribution in [0.4, 0.5) is 18.9 Å². The third-order valence-electron chi connectivity index (χ3n) is 2.60. The predicted molar refractivity (Wildman–Crippen MR) is 73.8 cm³/mol. The Morgan fingerprint density at radius 3 is 2.76 bits per heavy atom. The minimum atomic E-state index is -4.71. The molecule has 9 heteroatoms. The van der Waals surface area contributed by atoms with Gasteiger partial charge in [-0.2, -0.15) is 5.10 Å². The zero-order valence-corrected chi connectivity index (χ0v) is 12.6. The summed E-state index contributed by atoms with van der Waals surface area (Å²) in [7, 11) is 0. The minimum absolute atomic E-state index is 0.210. The van der Waals surface area contributed by atoms with Crippen LogP contribution in [0.1, 0.15) is 12.7 Å². The van der Waals surface area contributed by atoms with Gasteiger partial charge in [-0.15, -0.1) is 13.2 Å². The first kappa shape index (κ1) is 15.6. The summed E-state index contributed by atoms with van der Waals surface area (Å²) in [5.74, 6) is 0.453. The highest BCUT2D eigenvalue weighted by molar-refractivity contribution is 9.10. The van der Waals surface area contributed by atoms with Gasteiger partial charge in [0.25, 0.3) is 0 Å². The maximum absolute atomic E-state index is 12.2. The van der Waals surface area contributed by atoms with E-state index in [0.717, 1.165) is 5.82 Å². The molecular weight excluding hydrogens is 353 g/mol. The van der Waals surface area contributed by atoms with Crippen LogP contribution in [0.25, 0.3) is 0 Å². The molecule has 1 heterocycles. The molecule has 0 saturated heterocycles. The Labute approximate surface area is 127 Å². The lowest BCUT2D eigenvalue weighted by atomic mass is 10.3. The normalized spacial score (nSPS) is 11.5. The molecule has 0 aliphatic carbocycles. The van der Waals surface area contributed by atoms with Crippen LogP contribution < -0.4 is 10.1 Å². The van der Waals surface area contributed by atoms with Gasteiger partial charge in [0.15, 0.2) is 0 Å². The van der Waals surface area contributed by atoms with Crippen LogP contribution in [0.5, 0.6) is 5.75 Å². The van der Waals surface area contributed by atoms with Gasteiger partial charge in [0.2, 0.25) is 0 Å². The van der Waals surface area contributed by atoms with E-state index in [1.165, 1.54) is 24.5 Å². The summed E-state index contributed by atoms with van der Waals surface area (Å²) >= 11 is 3.05. The fraction of sp³-hybridized carbons (Fsp3) is 0.333. The molecule has 0 bridgehead atoms. The molecule has 0 atom stereocenters. The van der Waals surface area contributed by atoms with Crippen molar-refractivity contribution in [1.82, 2.24) is 14.8 Å². The lowest BCUT2D eigenvalue weighted by Crippen LogP contribution is -2.17. The van der Waals surface area contributed by atoms with Crippen molar-refractivity contribution in [2.75, 3.05) is 5.32 Å². The number of benzene rings is 1. The van der Waals surface area contributed by atoms with Crippen molar-refractivity contribution in [3.63, 3.8) is 0 Å². The SMILES string of the molecule is CCn1ncnc1CNc1ccc(OC(F)(F)F)c(Br)c1. The Balaban J connectivity index is 2.03. The fourth-order valence-corrected chi connectivity index (χ4v) is 2.15. The maximum atomic E-state index is 12.2. The molecule has 0 fully saturated rings. The summed E-state index contributed by atoms with van der Waals surface area (Å²) in [4.78, 5) is 4.09. The third-order valence-corrected chi connectivity index (χ3v) is 3.22. The average Bonchev–Trinajstić information content (AvgIpc) is 2.85. The second kappa shape index (κ2) is 6.33.